The Morgan fingerprint density at radius 3 is 2.60 bits per heavy atom. The Morgan fingerprint density at radius 2 is 2.03 bits per heavy atom. The number of aryl methyl sites for hydroxylation is 1. The number of nitrogens with one attached hydrogen (secondary N) is 2. The first-order chi connectivity index (χ1) is 13.9. The smallest absolute Gasteiger partial charge is 0.394 e. The van der Waals surface area contributed by atoms with Crippen molar-refractivity contribution in [2.24, 2.45) is 5.41 Å². The summed E-state index contributed by atoms with van der Waals surface area (Å²) in [6.07, 6.45) is -2.94. The number of carbonyl (C=O) groups is 1. The van der Waals surface area contributed by atoms with E-state index in [4.69, 9.17) is 0 Å². The number of phenols is 1. The number of amides is 1. The van der Waals surface area contributed by atoms with Gasteiger partial charge in [-0.15, -0.1) is 0 Å². The van der Waals surface area contributed by atoms with Crippen LogP contribution in [0.3, 0.4) is 0 Å². The predicted octanol–water partition coefficient (Wildman–Crippen LogP) is 1.89. The maximum absolute atomic E-state index is 15.2. The number of halogens is 4. The molecule has 30 heavy (non-hydrogen) atoms. The van der Waals surface area contributed by atoms with Gasteiger partial charge in [0, 0.05) is 6.04 Å². The van der Waals surface area contributed by atoms with Gasteiger partial charge < -0.3 is 10.4 Å². The van der Waals surface area contributed by atoms with Crippen LogP contribution in [0.5, 0.6) is 5.75 Å². The van der Waals surface area contributed by atoms with Gasteiger partial charge in [-0.3, -0.25) is 4.79 Å². The van der Waals surface area contributed by atoms with Crippen molar-refractivity contribution < 1.29 is 35.9 Å². The van der Waals surface area contributed by atoms with Crippen molar-refractivity contribution in [3.8, 4) is 5.75 Å². The number of fused-ring (bicyclic) bond motifs is 1. The number of phenolic OH excluding ortho intramolecular Hbond substituents is 1. The molecule has 3 aliphatic rings. The molecule has 1 aliphatic heterocycles. The fourth-order valence-electron chi connectivity index (χ4n) is 4.24. The molecular formula is C18H21F4N3O4S. The average molecular weight is 451 g/mol. The van der Waals surface area contributed by atoms with Crippen LogP contribution in [0.25, 0.3) is 0 Å². The second-order valence-electron chi connectivity index (χ2n) is 8.15. The highest BCUT2D eigenvalue weighted by atomic mass is 32.2. The van der Waals surface area contributed by atoms with E-state index in [9.17, 15) is 31.5 Å². The second-order valence-corrected chi connectivity index (χ2v) is 9.75. The lowest BCUT2D eigenvalue weighted by Gasteiger charge is -2.29. The first kappa shape index (κ1) is 21.2. The van der Waals surface area contributed by atoms with Crippen molar-refractivity contribution in [1.82, 2.24) is 10.0 Å². The minimum Gasteiger partial charge on any atom is -0.506 e. The van der Waals surface area contributed by atoms with E-state index in [0.29, 0.717) is 22.7 Å². The van der Waals surface area contributed by atoms with E-state index in [1.165, 1.54) is 6.07 Å². The molecule has 12 heteroatoms. The van der Waals surface area contributed by atoms with Crippen LogP contribution in [0.2, 0.25) is 0 Å². The zero-order valence-corrected chi connectivity index (χ0v) is 16.7. The first-order valence-corrected chi connectivity index (χ1v) is 11.0. The highest BCUT2D eigenvalue weighted by molar-refractivity contribution is 7.92. The molecule has 1 aromatic rings. The number of carbonyl (C=O) groups excluding carboxylic acids is 1. The summed E-state index contributed by atoms with van der Waals surface area (Å²) in [4.78, 5) is 11.5. The quantitative estimate of drug-likeness (QED) is 0.594. The Bertz CT molecular complexity index is 992. The molecule has 1 amide bonds. The maximum atomic E-state index is 15.2. The molecule has 7 nitrogen and oxygen atoms in total. The van der Waals surface area contributed by atoms with E-state index >= 15 is 4.39 Å². The number of rotatable bonds is 5. The molecule has 1 heterocycles. The molecule has 0 aromatic heterocycles. The number of aromatic hydroxyl groups is 1. The summed E-state index contributed by atoms with van der Waals surface area (Å²) in [5, 5.41) is 13.3. The topological polar surface area (TPSA) is 98.7 Å². The minimum atomic E-state index is -4.30. The summed E-state index contributed by atoms with van der Waals surface area (Å²) >= 11 is 0. The third-order valence-corrected chi connectivity index (χ3v) is 7.57. The molecule has 1 aromatic carbocycles. The number of alkyl halides is 3. The number of benzene rings is 1. The lowest BCUT2D eigenvalue weighted by molar-refractivity contribution is -0.188. The summed E-state index contributed by atoms with van der Waals surface area (Å²) < 4.78 is 80.6. The van der Waals surface area contributed by atoms with Crippen molar-refractivity contribution in [3.63, 3.8) is 0 Å². The molecule has 0 spiro atoms. The van der Waals surface area contributed by atoms with Crippen LogP contribution in [0.15, 0.2) is 6.07 Å². The van der Waals surface area contributed by atoms with E-state index in [0.717, 1.165) is 0 Å². The summed E-state index contributed by atoms with van der Waals surface area (Å²) in [5.74, 6) is -2.37. The van der Waals surface area contributed by atoms with Gasteiger partial charge in [-0.25, -0.2) is 13.4 Å². The third kappa shape index (κ3) is 3.59. The van der Waals surface area contributed by atoms with E-state index in [-0.39, 0.29) is 43.8 Å². The van der Waals surface area contributed by atoms with Crippen LogP contribution in [0.4, 0.5) is 23.2 Å². The van der Waals surface area contributed by atoms with Crippen LogP contribution in [0, 0.1) is 11.2 Å². The Labute approximate surface area is 170 Å². The van der Waals surface area contributed by atoms with E-state index in [2.05, 4.69) is 5.32 Å². The van der Waals surface area contributed by atoms with Crippen molar-refractivity contribution in [3.05, 3.63) is 23.0 Å². The monoisotopic (exact) mass is 451 g/mol. The Balaban J connectivity index is 1.50. The van der Waals surface area contributed by atoms with Gasteiger partial charge in [0.25, 0.3) is 5.91 Å². The van der Waals surface area contributed by atoms with Gasteiger partial charge in [-0.1, -0.05) is 0 Å². The van der Waals surface area contributed by atoms with Crippen molar-refractivity contribution in [1.29, 1.82) is 0 Å². The van der Waals surface area contributed by atoms with E-state index in [1.807, 2.05) is 0 Å². The standard InChI is InChI=1S/C18H21F4N3O4S/c19-15-12-8-11(23-6-5-17(3-4-17)18(20,21)22)2-1-10(12)7-13(26)16(15)25-9-14(27)24-30(25,28)29/h7,11,23,26H,1-6,8-9H2,(H,24,27). The van der Waals surface area contributed by atoms with Crippen molar-refractivity contribution in [2.75, 3.05) is 17.4 Å². The van der Waals surface area contributed by atoms with Crippen molar-refractivity contribution >= 4 is 21.8 Å². The Morgan fingerprint density at radius 1 is 1.33 bits per heavy atom. The van der Waals surface area contributed by atoms with Crippen LogP contribution in [-0.2, 0) is 27.8 Å². The highest BCUT2D eigenvalue weighted by Gasteiger charge is 2.62. The zero-order valence-electron chi connectivity index (χ0n) is 15.9. The Hall–Kier alpha value is -2.08. The molecule has 1 atom stereocenters. The van der Waals surface area contributed by atoms with Gasteiger partial charge in [-0.2, -0.15) is 21.6 Å². The van der Waals surface area contributed by atoms with Gasteiger partial charge in [0.15, 0.2) is 5.82 Å². The first-order valence-electron chi connectivity index (χ1n) is 9.60. The fraction of sp³-hybridized carbons (Fsp3) is 0.611. The van der Waals surface area contributed by atoms with Crippen LogP contribution in [0.1, 0.15) is 36.8 Å². The van der Waals surface area contributed by atoms with E-state index in [1.54, 1.807) is 4.72 Å². The molecule has 1 saturated carbocycles. The lowest BCUT2D eigenvalue weighted by atomic mass is 9.87. The fourth-order valence-corrected chi connectivity index (χ4v) is 5.40. The van der Waals surface area contributed by atoms with Gasteiger partial charge in [0.1, 0.15) is 18.0 Å². The predicted molar refractivity (Wildman–Crippen MR) is 98.6 cm³/mol. The molecule has 166 valence electrons. The molecule has 1 unspecified atom stereocenters. The molecule has 0 radical (unpaired) electrons. The zero-order chi connectivity index (χ0) is 21.9. The number of anilines is 1. The molecule has 0 bridgehead atoms. The normalized spacial score (nSPS) is 24.5. The number of nitrogens with zero attached hydrogens (tertiary/aromatic N) is 1. The third-order valence-electron chi connectivity index (χ3n) is 6.19. The van der Waals surface area contributed by atoms with Gasteiger partial charge in [-0.05, 0) is 62.3 Å². The minimum absolute atomic E-state index is 0.0387. The average Bonchev–Trinajstić information content (AvgIpc) is 3.37. The van der Waals surface area contributed by atoms with Crippen LogP contribution < -0.4 is 14.3 Å². The van der Waals surface area contributed by atoms with E-state index < -0.39 is 51.5 Å². The highest BCUT2D eigenvalue weighted by Crippen LogP contribution is 2.59. The summed E-state index contributed by atoms with van der Waals surface area (Å²) in [5.41, 5.74) is -1.50. The largest absolute Gasteiger partial charge is 0.506 e. The SMILES string of the molecule is O=C1CN(c2c(O)cc3c(c2F)CC(NCCC2(C(F)(F)F)CC2)CC3)S(=O)(=O)N1. The van der Waals surface area contributed by atoms with Gasteiger partial charge in [0.2, 0.25) is 0 Å². The number of hydrogen-bond donors (Lipinski definition) is 3. The molecule has 4 rings (SSSR count). The Kier molecular flexibility index (Phi) is 4.92. The molecule has 2 fully saturated rings. The van der Waals surface area contributed by atoms with Crippen molar-refractivity contribution in [2.45, 2.75) is 50.7 Å². The van der Waals surface area contributed by atoms with Gasteiger partial charge in [0.05, 0.1) is 5.41 Å². The van der Waals surface area contributed by atoms with Crippen LogP contribution in [-0.4, -0.2) is 44.7 Å². The summed E-state index contributed by atoms with van der Waals surface area (Å²) in [6, 6.07) is 1.01. The molecule has 3 N–H and O–H groups in total. The number of hydrogen-bond acceptors (Lipinski definition) is 5. The lowest BCUT2D eigenvalue weighted by Crippen LogP contribution is -2.38. The molecule has 2 aliphatic carbocycles. The maximum Gasteiger partial charge on any atom is 0.394 e. The van der Waals surface area contributed by atoms with Crippen LogP contribution >= 0.6 is 0 Å². The summed E-state index contributed by atoms with van der Waals surface area (Å²) in [7, 11) is -4.30. The molecular weight excluding hydrogens is 430 g/mol. The molecule has 1 saturated heterocycles. The second kappa shape index (κ2) is 6.98. The summed E-state index contributed by atoms with van der Waals surface area (Å²) in [6.45, 7) is -0.502. The van der Waals surface area contributed by atoms with Gasteiger partial charge >= 0.3 is 16.4 Å².